The standard InChI is InChI=1S/C12H26O2/c1-5-6-7-8-9-12(13,10-14-4)11(2)3/h11,13H,5-10H2,1-4H3. The predicted molar refractivity (Wildman–Crippen MR) is 60.4 cm³/mol. The Morgan fingerprint density at radius 3 is 2.29 bits per heavy atom. The molecular weight excluding hydrogens is 176 g/mol. The maximum Gasteiger partial charge on any atom is 0.0902 e. The van der Waals surface area contributed by atoms with Gasteiger partial charge in [-0.1, -0.05) is 46.5 Å². The van der Waals surface area contributed by atoms with Crippen LogP contribution in [0.25, 0.3) is 0 Å². The van der Waals surface area contributed by atoms with E-state index in [2.05, 4.69) is 20.8 Å². The highest BCUT2D eigenvalue weighted by atomic mass is 16.5. The first-order valence-corrected chi connectivity index (χ1v) is 5.78. The van der Waals surface area contributed by atoms with Crippen LogP contribution in [-0.2, 0) is 4.74 Å². The van der Waals surface area contributed by atoms with E-state index in [0.29, 0.717) is 6.61 Å². The highest BCUT2D eigenvalue weighted by molar-refractivity contribution is 4.81. The van der Waals surface area contributed by atoms with Crippen LogP contribution in [0.15, 0.2) is 0 Å². The molecule has 1 N–H and O–H groups in total. The molecule has 0 fully saturated rings. The third kappa shape index (κ3) is 4.97. The SMILES string of the molecule is CCCCCCC(O)(COC)C(C)C. The van der Waals surface area contributed by atoms with Gasteiger partial charge < -0.3 is 9.84 Å². The van der Waals surface area contributed by atoms with Gasteiger partial charge in [0.15, 0.2) is 0 Å². The van der Waals surface area contributed by atoms with Crippen molar-refractivity contribution in [2.45, 2.75) is 58.5 Å². The molecule has 0 bridgehead atoms. The summed E-state index contributed by atoms with van der Waals surface area (Å²) >= 11 is 0. The molecule has 0 saturated carbocycles. The van der Waals surface area contributed by atoms with Gasteiger partial charge in [0.05, 0.1) is 12.2 Å². The predicted octanol–water partition coefficient (Wildman–Crippen LogP) is 2.99. The van der Waals surface area contributed by atoms with Gasteiger partial charge in [-0.25, -0.2) is 0 Å². The molecule has 2 nitrogen and oxygen atoms in total. The summed E-state index contributed by atoms with van der Waals surface area (Å²) in [6.45, 7) is 6.76. The summed E-state index contributed by atoms with van der Waals surface area (Å²) in [6, 6.07) is 0. The molecule has 0 rings (SSSR count). The van der Waals surface area contributed by atoms with Crippen molar-refractivity contribution in [2.75, 3.05) is 13.7 Å². The van der Waals surface area contributed by atoms with Crippen LogP contribution in [0.2, 0.25) is 0 Å². The molecule has 14 heavy (non-hydrogen) atoms. The second-order valence-electron chi connectivity index (χ2n) is 4.50. The van der Waals surface area contributed by atoms with E-state index < -0.39 is 5.60 Å². The van der Waals surface area contributed by atoms with Gasteiger partial charge in [-0.05, 0) is 12.3 Å². The Balaban J connectivity index is 3.84. The van der Waals surface area contributed by atoms with Crippen molar-refractivity contribution in [1.82, 2.24) is 0 Å². The zero-order chi connectivity index (χ0) is 11.0. The molecule has 1 unspecified atom stereocenters. The molecule has 0 saturated heterocycles. The van der Waals surface area contributed by atoms with Crippen molar-refractivity contribution in [3.05, 3.63) is 0 Å². The highest BCUT2D eigenvalue weighted by Gasteiger charge is 2.29. The topological polar surface area (TPSA) is 29.5 Å². The minimum atomic E-state index is -0.623. The lowest BCUT2D eigenvalue weighted by Gasteiger charge is -2.31. The Morgan fingerprint density at radius 2 is 1.86 bits per heavy atom. The van der Waals surface area contributed by atoms with Gasteiger partial charge in [0.1, 0.15) is 0 Å². The van der Waals surface area contributed by atoms with Crippen molar-refractivity contribution in [3.63, 3.8) is 0 Å². The average Bonchev–Trinajstić information content (AvgIpc) is 2.13. The van der Waals surface area contributed by atoms with Crippen molar-refractivity contribution < 1.29 is 9.84 Å². The van der Waals surface area contributed by atoms with E-state index in [0.717, 1.165) is 12.8 Å². The third-order valence-corrected chi connectivity index (χ3v) is 2.93. The van der Waals surface area contributed by atoms with Gasteiger partial charge in [-0.2, -0.15) is 0 Å². The Labute approximate surface area is 88.7 Å². The van der Waals surface area contributed by atoms with E-state index in [1.54, 1.807) is 7.11 Å². The van der Waals surface area contributed by atoms with Crippen LogP contribution in [0, 0.1) is 5.92 Å². The second kappa shape index (κ2) is 7.24. The fraction of sp³-hybridized carbons (Fsp3) is 1.00. The Bertz CT molecular complexity index is 134. The van der Waals surface area contributed by atoms with Crippen LogP contribution in [0.3, 0.4) is 0 Å². The first kappa shape index (κ1) is 13.9. The summed E-state index contributed by atoms with van der Waals surface area (Å²) in [5.74, 6) is 0.268. The molecule has 1 atom stereocenters. The van der Waals surface area contributed by atoms with Gasteiger partial charge in [-0.3, -0.25) is 0 Å². The smallest absolute Gasteiger partial charge is 0.0902 e. The lowest BCUT2D eigenvalue weighted by Crippen LogP contribution is -2.39. The monoisotopic (exact) mass is 202 g/mol. The molecule has 0 aromatic carbocycles. The normalized spacial score (nSPS) is 15.9. The van der Waals surface area contributed by atoms with Gasteiger partial charge in [0.25, 0.3) is 0 Å². The number of unbranched alkanes of at least 4 members (excludes halogenated alkanes) is 3. The average molecular weight is 202 g/mol. The molecule has 0 heterocycles. The van der Waals surface area contributed by atoms with E-state index in [4.69, 9.17) is 4.74 Å². The minimum absolute atomic E-state index is 0.268. The first-order valence-electron chi connectivity index (χ1n) is 5.78. The number of methoxy groups -OCH3 is 1. The van der Waals surface area contributed by atoms with E-state index in [1.807, 2.05) is 0 Å². The van der Waals surface area contributed by atoms with Crippen LogP contribution in [-0.4, -0.2) is 24.4 Å². The molecule has 0 spiro atoms. The second-order valence-corrected chi connectivity index (χ2v) is 4.50. The molecule has 0 aliphatic carbocycles. The van der Waals surface area contributed by atoms with E-state index in [9.17, 15) is 5.11 Å². The van der Waals surface area contributed by atoms with Gasteiger partial charge >= 0.3 is 0 Å². The lowest BCUT2D eigenvalue weighted by atomic mass is 9.86. The highest BCUT2D eigenvalue weighted by Crippen LogP contribution is 2.24. The molecule has 86 valence electrons. The van der Waals surface area contributed by atoms with Crippen LogP contribution < -0.4 is 0 Å². The number of hydrogen-bond acceptors (Lipinski definition) is 2. The number of aliphatic hydroxyl groups is 1. The quantitative estimate of drug-likeness (QED) is 0.613. The molecule has 0 aliphatic heterocycles. The third-order valence-electron chi connectivity index (χ3n) is 2.93. The number of hydrogen-bond donors (Lipinski definition) is 1. The van der Waals surface area contributed by atoms with Gasteiger partial charge in [0, 0.05) is 7.11 Å². The molecule has 0 aromatic rings. The minimum Gasteiger partial charge on any atom is -0.387 e. The van der Waals surface area contributed by atoms with Crippen molar-refractivity contribution in [2.24, 2.45) is 5.92 Å². The largest absolute Gasteiger partial charge is 0.387 e. The molecule has 0 aliphatic rings. The number of ether oxygens (including phenoxy) is 1. The maximum atomic E-state index is 10.3. The Hall–Kier alpha value is -0.0800. The van der Waals surface area contributed by atoms with Crippen LogP contribution in [0.5, 0.6) is 0 Å². The summed E-state index contributed by atoms with van der Waals surface area (Å²) in [5, 5.41) is 10.3. The molecular formula is C12H26O2. The van der Waals surface area contributed by atoms with Crippen molar-refractivity contribution in [3.8, 4) is 0 Å². The van der Waals surface area contributed by atoms with Crippen LogP contribution in [0.4, 0.5) is 0 Å². The molecule has 2 heteroatoms. The fourth-order valence-electron chi connectivity index (χ4n) is 1.64. The van der Waals surface area contributed by atoms with Crippen LogP contribution >= 0.6 is 0 Å². The summed E-state index contributed by atoms with van der Waals surface area (Å²) in [4.78, 5) is 0. The molecule has 0 radical (unpaired) electrons. The van der Waals surface area contributed by atoms with Gasteiger partial charge in [-0.15, -0.1) is 0 Å². The maximum absolute atomic E-state index is 10.3. The van der Waals surface area contributed by atoms with Crippen molar-refractivity contribution in [1.29, 1.82) is 0 Å². The fourth-order valence-corrected chi connectivity index (χ4v) is 1.64. The lowest BCUT2D eigenvalue weighted by molar-refractivity contribution is -0.0713. The first-order chi connectivity index (χ1) is 6.56. The summed E-state index contributed by atoms with van der Waals surface area (Å²) in [5.41, 5.74) is -0.623. The van der Waals surface area contributed by atoms with Crippen molar-refractivity contribution >= 4 is 0 Å². The van der Waals surface area contributed by atoms with E-state index in [1.165, 1.54) is 19.3 Å². The summed E-state index contributed by atoms with van der Waals surface area (Å²) < 4.78 is 5.08. The number of rotatable bonds is 8. The Kier molecular flexibility index (Phi) is 7.20. The van der Waals surface area contributed by atoms with Gasteiger partial charge in [0.2, 0.25) is 0 Å². The summed E-state index contributed by atoms with van der Waals surface area (Å²) in [7, 11) is 1.65. The Morgan fingerprint density at radius 1 is 1.21 bits per heavy atom. The van der Waals surface area contributed by atoms with E-state index in [-0.39, 0.29) is 5.92 Å². The zero-order valence-corrected chi connectivity index (χ0v) is 10.2. The molecule has 0 aromatic heterocycles. The zero-order valence-electron chi connectivity index (χ0n) is 10.2. The molecule has 0 amide bonds. The van der Waals surface area contributed by atoms with Crippen LogP contribution in [0.1, 0.15) is 52.9 Å². The summed E-state index contributed by atoms with van der Waals surface area (Å²) in [6.07, 6.45) is 5.69. The van der Waals surface area contributed by atoms with E-state index >= 15 is 0 Å².